The predicted octanol–water partition coefficient (Wildman–Crippen LogP) is 2.96. The second kappa shape index (κ2) is 5.31. The van der Waals surface area contributed by atoms with Gasteiger partial charge in [-0.25, -0.2) is 0 Å². The van der Waals surface area contributed by atoms with Crippen molar-refractivity contribution in [1.82, 2.24) is 4.37 Å². The Morgan fingerprint density at radius 1 is 1.37 bits per heavy atom. The summed E-state index contributed by atoms with van der Waals surface area (Å²) in [4.78, 5) is 2.48. The Morgan fingerprint density at radius 3 is 2.79 bits per heavy atom. The lowest BCUT2D eigenvalue weighted by atomic mass is 9.96. The molecule has 2 aromatic rings. The third kappa shape index (κ3) is 2.35. The summed E-state index contributed by atoms with van der Waals surface area (Å²) in [5.41, 5.74) is 7.07. The lowest BCUT2D eigenvalue weighted by Gasteiger charge is -2.40. The second-order valence-electron chi connectivity index (χ2n) is 5.08. The molecule has 0 radical (unpaired) electrons. The number of piperidine rings is 1. The van der Waals surface area contributed by atoms with Gasteiger partial charge in [-0.2, -0.15) is 16.1 Å². The molecule has 3 rings (SSSR count). The van der Waals surface area contributed by atoms with Crippen LogP contribution < -0.4 is 10.6 Å². The van der Waals surface area contributed by atoms with Gasteiger partial charge in [-0.3, -0.25) is 0 Å². The van der Waals surface area contributed by atoms with E-state index in [4.69, 9.17) is 5.73 Å². The molecule has 1 aliphatic rings. The number of hydrogen-bond acceptors (Lipinski definition) is 5. The average Bonchev–Trinajstić information content (AvgIpc) is 2.91. The number of nitrogens with zero attached hydrogens (tertiary/aromatic N) is 2. The maximum Gasteiger partial charge on any atom is 0.119 e. The van der Waals surface area contributed by atoms with E-state index in [1.54, 1.807) is 11.5 Å². The molecule has 0 spiro atoms. The van der Waals surface area contributed by atoms with Crippen molar-refractivity contribution in [2.75, 3.05) is 30.8 Å². The molecular formula is C14H19N3S2. The summed E-state index contributed by atoms with van der Waals surface area (Å²) >= 11 is 3.55. The fraction of sp³-hybridized carbons (Fsp3) is 0.500. The van der Waals surface area contributed by atoms with Crippen LogP contribution in [-0.2, 0) is 0 Å². The zero-order valence-corrected chi connectivity index (χ0v) is 12.8. The van der Waals surface area contributed by atoms with Crippen LogP contribution in [0.25, 0.3) is 10.9 Å². The molecular weight excluding hydrogens is 274 g/mol. The highest BCUT2D eigenvalue weighted by Crippen LogP contribution is 2.38. The Morgan fingerprint density at radius 2 is 2.11 bits per heavy atom. The van der Waals surface area contributed by atoms with E-state index in [0.717, 1.165) is 38.0 Å². The van der Waals surface area contributed by atoms with Crippen molar-refractivity contribution in [3.8, 4) is 0 Å². The molecule has 1 saturated heterocycles. The molecule has 1 fully saturated rings. The molecule has 0 amide bonds. The Kier molecular flexibility index (Phi) is 3.69. The first-order valence-corrected chi connectivity index (χ1v) is 8.62. The first kappa shape index (κ1) is 13.2. The second-order valence-corrected chi connectivity index (χ2v) is 7.11. The minimum Gasteiger partial charge on any atom is -0.362 e. The van der Waals surface area contributed by atoms with Crippen LogP contribution in [0.1, 0.15) is 12.8 Å². The van der Waals surface area contributed by atoms with Gasteiger partial charge < -0.3 is 10.6 Å². The molecule has 0 atom stereocenters. The standard InChI is InChI=1S/C14H19N3S2/c1-18-14(10-15)6-8-17(9-7-14)13-11-4-2-3-5-12(11)16-19-13/h2-5H,6-10,15H2,1H3. The number of benzene rings is 1. The molecule has 5 heteroatoms. The quantitative estimate of drug-likeness (QED) is 0.945. The summed E-state index contributed by atoms with van der Waals surface area (Å²) in [6, 6.07) is 8.41. The maximum absolute atomic E-state index is 5.95. The Bertz CT molecular complexity index is 553. The molecule has 0 unspecified atom stereocenters. The summed E-state index contributed by atoms with van der Waals surface area (Å²) in [6.07, 6.45) is 4.51. The van der Waals surface area contributed by atoms with Crippen LogP contribution in [0, 0.1) is 0 Å². The Hall–Kier alpha value is -0.780. The van der Waals surface area contributed by atoms with Crippen LogP contribution in [-0.4, -0.2) is 35.0 Å². The third-order valence-corrected chi connectivity index (χ3v) is 6.51. The molecule has 0 bridgehead atoms. The van der Waals surface area contributed by atoms with Gasteiger partial charge in [0.05, 0.1) is 5.52 Å². The van der Waals surface area contributed by atoms with Crippen molar-refractivity contribution in [2.45, 2.75) is 17.6 Å². The number of hydrogen-bond donors (Lipinski definition) is 1. The van der Waals surface area contributed by atoms with Gasteiger partial charge in [0.2, 0.25) is 0 Å². The van der Waals surface area contributed by atoms with Gasteiger partial charge in [-0.15, -0.1) is 0 Å². The zero-order valence-electron chi connectivity index (χ0n) is 11.1. The summed E-state index contributed by atoms with van der Waals surface area (Å²) in [5, 5.41) is 2.61. The molecule has 1 aliphatic heterocycles. The topological polar surface area (TPSA) is 42.1 Å². The SMILES string of the molecule is CSC1(CN)CCN(c2snc3ccccc23)CC1. The van der Waals surface area contributed by atoms with Crippen LogP contribution in [0.3, 0.4) is 0 Å². The van der Waals surface area contributed by atoms with E-state index in [2.05, 4.69) is 39.8 Å². The number of aromatic nitrogens is 1. The fourth-order valence-electron chi connectivity index (χ4n) is 2.71. The van der Waals surface area contributed by atoms with Crippen LogP contribution in [0.5, 0.6) is 0 Å². The van der Waals surface area contributed by atoms with Crippen molar-refractivity contribution >= 4 is 39.2 Å². The van der Waals surface area contributed by atoms with E-state index in [9.17, 15) is 0 Å². The largest absolute Gasteiger partial charge is 0.362 e. The molecule has 0 saturated carbocycles. The van der Waals surface area contributed by atoms with Gasteiger partial charge in [0, 0.05) is 29.8 Å². The van der Waals surface area contributed by atoms with Crippen molar-refractivity contribution < 1.29 is 0 Å². The van der Waals surface area contributed by atoms with Crippen LogP contribution >= 0.6 is 23.3 Å². The lowest BCUT2D eigenvalue weighted by Crippen LogP contribution is -2.46. The summed E-state index contributed by atoms with van der Waals surface area (Å²) < 4.78 is 4.83. The van der Waals surface area contributed by atoms with E-state index >= 15 is 0 Å². The van der Waals surface area contributed by atoms with Gasteiger partial charge in [0.25, 0.3) is 0 Å². The highest BCUT2D eigenvalue weighted by molar-refractivity contribution is 8.00. The predicted molar refractivity (Wildman–Crippen MR) is 86.4 cm³/mol. The number of thioether (sulfide) groups is 1. The Labute approximate surface area is 122 Å². The first-order valence-electron chi connectivity index (χ1n) is 6.62. The first-order chi connectivity index (χ1) is 9.28. The molecule has 2 heterocycles. The summed E-state index contributed by atoms with van der Waals surface area (Å²) in [7, 11) is 0. The molecule has 102 valence electrons. The number of nitrogens with two attached hydrogens (primary N) is 1. The number of rotatable bonds is 3. The van der Waals surface area contributed by atoms with Gasteiger partial charge in [0.1, 0.15) is 5.00 Å². The highest BCUT2D eigenvalue weighted by Gasteiger charge is 2.33. The van der Waals surface area contributed by atoms with E-state index in [1.165, 1.54) is 10.4 Å². The zero-order chi connectivity index (χ0) is 13.3. The highest BCUT2D eigenvalue weighted by atomic mass is 32.2. The molecule has 0 aliphatic carbocycles. The lowest BCUT2D eigenvalue weighted by molar-refractivity contribution is 0.459. The molecule has 1 aromatic carbocycles. The number of fused-ring (bicyclic) bond motifs is 1. The minimum atomic E-state index is 0.289. The molecule has 2 N–H and O–H groups in total. The maximum atomic E-state index is 5.95. The van der Waals surface area contributed by atoms with Crippen LogP contribution in [0.15, 0.2) is 24.3 Å². The van der Waals surface area contributed by atoms with Gasteiger partial charge in [0.15, 0.2) is 0 Å². The fourth-order valence-corrected chi connectivity index (χ4v) is 4.38. The van der Waals surface area contributed by atoms with Gasteiger partial charge >= 0.3 is 0 Å². The van der Waals surface area contributed by atoms with E-state index in [-0.39, 0.29) is 4.75 Å². The van der Waals surface area contributed by atoms with Crippen molar-refractivity contribution in [3.05, 3.63) is 24.3 Å². The molecule has 3 nitrogen and oxygen atoms in total. The van der Waals surface area contributed by atoms with Crippen molar-refractivity contribution in [1.29, 1.82) is 0 Å². The smallest absolute Gasteiger partial charge is 0.119 e. The molecule has 1 aromatic heterocycles. The van der Waals surface area contributed by atoms with Gasteiger partial charge in [-0.05, 0) is 42.8 Å². The third-order valence-electron chi connectivity index (χ3n) is 4.13. The van der Waals surface area contributed by atoms with Crippen molar-refractivity contribution in [2.24, 2.45) is 5.73 Å². The van der Waals surface area contributed by atoms with E-state index in [0.29, 0.717) is 0 Å². The van der Waals surface area contributed by atoms with Crippen LogP contribution in [0.4, 0.5) is 5.00 Å². The number of anilines is 1. The van der Waals surface area contributed by atoms with Gasteiger partial charge in [-0.1, -0.05) is 12.1 Å². The van der Waals surface area contributed by atoms with E-state index in [1.807, 2.05) is 11.8 Å². The summed E-state index contributed by atoms with van der Waals surface area (Å²) in [6.45, 7) is 2.96. The Balaban J connectivity index is 1.82. The minimum absolute atomic E-state index is 0.289. The monoisotopic (exact) mass is 293 g/mol. The normalized spacial score (nSPS) is 18.9. The van der Waals surface area contributed by atoms with Crippen LogP contribution in [0.2, 0.25) is 0 Å². The van der Waals surface area contributed by atoms with Crippen molar-refractivity contribution in [3.63, 3.8) is 0 Å². The summed E-state index contributed by atoms with van der Waals surface area (Å²) in [5.74, 6) is 0. The average molecular weight is 293 g/mol. The van der Waals surface area contributed by atoms with E-state index < -0.39 is 0 Å². The molecule has 19 heavy (non-hydrogen) atoms.